The number of aromatic nitrogens is 3. The van der Waals surface area contributed by atoms with Crippen molar-refractivity contribution in [2.45, 2.75) is 26.3 Å². The normalized spacial score (nSPS) is 12.2. The zero-order chi connectivity index (χ0) is 12.7. The molecule has 0 saturated carbocycles. The monoisotopic (exact) mass is 241 g/mol. The van der Waals surface area contributed by atoms with Crippen LogP contribution in [0.1, 0.15) is 20.3 Å². The average molecular weight is 241 g/mol. The van der Waals surface area contributed by atoms with Gasteiger partial charge in [-0.1, -0.05) is 6.92 Å². The fraction of sp³-hybridized carbons (Fsp3) is 0.700. The van der Waals surface area contributed by atoms with E-state index in [0.717, 1.165) is 6.42 Å². The molecule has 7 nitrogen and oxygen atoms in total. The average Bonchev–Trinajstić information content (AvgIpc) is 2.25. The van der Waals surface area contributed by atoms with Crippen LogP contribution in [0.25, 0.3) is 0 Å². The summed E-state index contributed by atoms with van der Waals surface area (Å²) in [5.41, 5.74) is 5.57. The van der Waals surface area contributed by atoms with Crippen LogP contribution in [0.4, 0.5) is 11.9 Å². The van der Waals surface area contributed by atoms with Crippen LogP contribution in [0.15, 0.2) is 0 Å². The van der Waals surface area contributed by atoms with Gasteiger partial charge >= 0.3 is 6.01 Å². The van der Waals surface area contributed by atoms with Gasteiger partial charge in [0.2, 0.25) is 11.9 Å². The van der Waals surface area contributed by atoms with Crippen molar-refractivity contribution in [1.82, 2.24) is 15.0 Å². The van der Waals surface area contributed by atoms with Crippen LogP contribution in [0.3, 0.4) is 0 Å². The maximum atomic E-state index is 5.57. The Labute approximate surface area is 101 Å². The zero-order valence-corrected chi connectivity index (χ0v) is 10.4. The summed E-state index contributed by atoms with van der Waals surface area (Å²) in [6.45, 7) is 5.06. The number of nitrogen functional groups attached to an aromatic ring is 1. The Morgan fingerprint density at radius 2 is 2.12 bits per heavy atom. The largest absolute Gasteiger partial charge is 0.463 e. The Hall–Kier alpha value is -1.63. The van der Waals surface area contributed by atoms with E-state index in [1.165, 1.54) is 0 Å². The van der Waals surface area contributed by atoms with Crippen LogP contribution in [-0.2, 0) is 4.74 Å². The molecule has 0 aliphatic carbocycles. The number of anilines is 2. The van der Waals surface area contributed by atoms with E-state index in [0.29, 0.717) is 19.2 Å². The van der Waals surface area contributed by atoms with Gasteiger partial charge in [0.05, 0.1) is 13.2 Å². The van der Waals surface area contributed by atoms with Gasteiger partial charge in [-0.05, 0) is 13.3 Å². The van der Waals surface area contributed by atoms with E-state index in [1.807, 2.05) is 13.8 Å². The quantitative estimate of drug-likeness (QED) is 0.725. The van der Waals surface area contributed by atoms with Crippen LogP contribution >= 0.6 is 0 Å². The third kappa shape index (κ3) is 4.81. The summed E-state index contributed by atoms with van der Waals surface area (Å²) in [5.74, 6) is 0.534. The van der Waals surface area contributed by atoms with Gasteiger partial charge in [-0.3, -0.25) is 0 Å². The number of nitrogens with one attached hydrogen (secondary N) is 1. The third-order valence-electron chi connectivity index (χ3n) is 1.86. The number of hydrogen-bond donors (Lipinski definition) is 2. The molecule has 0 aliphatic heterocycles. The Balaban J connectivity index is 2.67. The minimum atomic E-state index is 0.0841. The smallest absolute Gasteiger partial charge is 0.323 e. The van der Waals surface area contributed by atoms with Gasteiger partial charge < -0.3 is 20.5 Å². The molecular formula is C10H19N5O2. The second-order valence-corrected chi connectivity index (χ2v) is 3.65. The lowest BCUT2D eigenvalue weighted by Gasteiger charge is -2.13. The second kappa shape index (κ2) is 6.85. The first-order chi connectivity index (χ1) is 8.15. The van der Waals surface area contributed by atoms with E-state index >= 15 is 0 Å². The maximum Gasteiger partial charge on any atom is 0.323 e. The molecule has 1 heterocycles. The van der Waals surface area contributed by atoms with Crippen molar-refractivity contribution in [2.75, 3.05) is 31.4 Å². The lowest BCUT2D eigenvalue weighted by Crippen LogP contribution is -2.23. The molecule has 17 heavy (non-hydrogen) atoms. The highest BCUT2D eigenvalue weighted by Crippen LogP contribution is 2.10. The fourth-order valence-corrected chi connectivity index (χ4v) is 1.21. The van der Waals surface area contributed by atoms with E-state index in [2.05, 4.69) is 20.3 Å². The number of rotatable bonds is 7. The van der Waals surface area contributed by atoms with Crippen molar-refractivity contribution < 1.29 is 9.47 Å². The first-order valence-corrected chi connectivity index (χ1v) is 5.55. The van der Waals surface area contributed by atoms with Crippen molar-refractivity contribution in [3.63, 3.8) is 0 Å². The second-order valence-electron chi connectivity index (χ2n) is 3.65. The standard InChI is InChI=1S/C10H19N5O2/c1-4-5-17-10-14-8(11)13-9(15-10)12-7(2)6-16-3/h7H,4-6H2,1-3H3,(H3,11,12,13,14,15). The highest BCUT2D eigenvalue weighted by atomic mass is 16.5. The van der Waals surface area contributed by atoms with Crippen molar-refractivity contribution in [3.8, 4) is 6.01 Å². The molecule has 0 amide bonds. The molecular weight excluding hydrogens is 222 g/mol. The highest BCUT2D eigenvalue weighted by molar-refractivity contribution is 5.33. The van der Waals surface area contributed by atoms with Gasteiger partial charge in [-0.15, -0.1) is 0 Å². The summed E-state index contributed by atoms with van der Waals surface area (Å²) >= 11 is 0. The summed E-state index contributed by atoms with van der Waals surface area (Å²) in [5, 5.41) is 3.05. The van der Waals surface area contributed by atoms with E-state index in [1.54, 1.807) is 7.11 Å². The molecule has 0 spiro atoms. The predicted molar refractivity (Wildman–Crippen MR) is 65.0 cm³/mol. The lowest BCUT2D eigenvalue weighted by molar-refractivity contribution is 0.190. The number of nitrogens with zero attached hydrogens (tertiary/aromatic N) is 3. The van der Waals surface area contributed by atoms with Crippen molar-refractivity contribution in [3.05, 3.63) is 0 Å². The van der Waals surface area contributed by atoms with E-state index in [-0.39, 0.29) is 18.0 Å². The minimum absolute atomic E-state index is 0.0841. The Bertz CT molecular complexity index is 347. The predicted octanol–water partition coefficient (Wildman–Crippen LogP) is 0.689. The summed E-state index contributed by atoms with van der Waals surface area (Å²) in [4.78, 5) is 12.0. The van der Waals surface area contributed by atoms with Crippen molar-refractivity contribution in [2.24, 2.45) is 0 Å². The van der Waals surface area contributed by atoms with Gasteiger partial charge in [-0.2, -0.15) is 15.0 Å². The first kappa shape index (κ1) is 13.4. The molecule has 7 heteroatoms. The van der Waals surface area contributed by atoms with Gasteiger partial charge in [0.1, 0.15) is 0 Å². The molecule has 0 radical (unpaired) electrons. The van der Waals surface area contributed by atoms with Crippen LogP contribution < -0.4 is 15.8 Å². The fourth-order valence-electron chi connectivity index (χ4n) is 1.21. The summed E-state index contributed by atoms with van der Waals surface area (Å²) in [6, 6.07) is 0.326. The molecule has 0 bridgehead atoms. The van der Waals surface area contributed by atoms with Gasteiger partial charge in [0.25, 0.3) is 0 Å². The minimum Gasteiger partial charge on any atom is -0.463 e. The van der Waals surface area contributed by atoms with E-state index in [4.69, 9.17) is 15.2 Å². The zero-order valence-electron chi connectivity index (χ0n) is 10.4. The summed E-state index contributed by atoms with van der Waals surface area (Å²) in [6.07, 6.45) is 0.883. The van der Waals surface area contributed by atoms with Crippen molar-refractivity contribution in [1.29, 1.82) is 0 Å². The molecule has 0 aromatic carbocycles. The summed E-state index contributed by atoms with van der Waals surface area (Å²) in [7, 11) is 1.63. The number of methoxy groups -OCH3 is 1. The SMILES string of the molecule is CCCOc1nc(N)nc(NC(C)COC)n1. The van der Waals surface area contributed by atoms with Crippen LogP contribution in [0.5, 0.6) is 6.01 Å². The Morgan fingerprint density at radius 1 is 1.35 bits per heavy atom. The number of nitrogens with two attached hydrogens (primary N) is 1. The topological polar surface area (TPSA) is 95.2 Å². The molecule has 1 aromatic rings. The van der Waals surface area contributed by atoms with Crippen LogP contribution in [-0.4, -0.2) is 41.3 Å². The van der Waals surface area contributed by atoms with Gasteiger partial charge in [0.15, 0.2) is 0 Å². The third-order valence-corrected chi connectivity index (χ3v) is 1.86. The molecule has 0 saturated heterocycles. The molecule has 1 unspecified atom stereocenters. The van der Waals surface area contributed by atoms with E-state index < -0.39 is 0 Å². The molecule has 1 aromatic heterocycles. The molecule has 1 atom stereocenters. The molecule has 96 valence electrons. The number of ether oxygens (including phenoxy) is 2. The Kier molecular flexibility index (Phi) is 5.41. The van der Waals surface area contributed by atoms with Crippen LogP contribution in [0, 0.1) is 0 Å². The number of hydrogen-bond acceptors (Lipinski definition) is 7. The van der Waals surface area contributed by atoms with Gasteiger partial charge in [-0.25, -0.2) is 0 Å². The van der Waals surface area contributed by atoms with Crippen LogP contribution in [0.2, 0.25) is 0 Å². The first-order valence-electron chi connectivity index (χ1n) is 5.55. The molecule has 0 aliphatic rings. The maximum absolute atomic E-state index is 5.57. The van der Waals surface area contributed by atoms with E-state index in [9.17, 15) is 0 Å². The summed E-state index contributed by atoms with van der Waals surface area (Å²) < 4.78 is 10.3. The molecule has 3 N–H and O–H groups in total. The van der Waals surface area contributed by atoms with Gasteiger partial charge in [0, 0.05) is 13.2 Å². The Morgan fingerprint density at radius 3 is 2.76 bits per heavy atom. The highest BCUT2D eigenvalue weighted by Gasteiger charge is 2.08. The van der Waals surface area contributed by atoms with Crippen molar-refractivity contribution >= 4 is 11.9 Å². The molecule has 1 rings (SSSR count). The molecule has 0 fully saturated rings. The lowest BCUT2D eigenvalue weighted by atomic mass is 10.4.